The van der Waals surface area contributed by atoms with E-state index in [2.05, 4.69) is 5.32 Å². The molecule has 0 saturated carbocycles. The summed E-state index contributed by atoms with van der Waals surface area (Å²) >= 11 is 0. The Morgan fingerprint density at radius 1 is 0.698 bits per heavy atom. The standard InChI is InChI=1S/C34H32NO7P/c1-40-31(36)28-29(32(37)41-2)34(35-30(28)25-17-9-4-10-18-25,33(38)42-23-24-15-7-3-8-16-24)43(39,26-19-11-5-12-20-26)27-21-13-6-14-22-27/h3-22,28-30,35H,23H2,1-2H3/t28-,29+,30-,34-/m0/s1. The van der Waals surface area contributed by atoms with Gasteiger partial charge in [0, 0.05) is 16.7 Å². The Hall–Kier alpha value is -4.52. The zero-order chi connectivity index (χ0) is 30.5. The van der Waals surface area contributed by atoms with Gasteiger partial charge >= 0.3 is 17.9 Å². The van der Waals surface area contributed by atoms with Crippen LogP contribution in [0, 0.1) is 11.8 Å². The third kappa shape index (κ3) is 5.29. The van der Waals surface area contributed by atoms with Gasteiger partial charge in [-0.05, 0) is 11.1 Å². The van der Waals surface area contributed by atoms with Crippen LogP contribution in [0.15, 0.2) is 121 Å². The summed E-state index contributed by atoms with van der Waals surface area (Å²) in [5.41, 5.74) is 1.29. The van der Waals surface area contributed by atoms with E-state index in [0.717, 1.165) is 0 Å². The van der Waals surface area contributed by atoms with Crippen LogP contribution in [0.25, 0.3) is 0 Å². The molecule has 1 saturated heterocycles. The number of nitrogens with one attached hydrogen (secondary N) is 1. The molecule has 0 unspecified atom stereocenters. The van der Waals surface area contributed by atoms with Crippen LogP contribution in [0.5, 0.6) is 0 Å². The normalized spacial score (nSPS) is 21.5. The maximum atomic E-state index is 16.1. The van der Waals surface area contributed by atoms with Crippen LogP contribution in [0.4, 0.5) is 0 Å². The lowest BCUT2D eigenvalue weighted by Crippen LogP contribution is -2.59. The average Bonchev–Trinajstić information content (AvgIpc) is 3.45. The molecule has 43 heavy (non-hydrogen) atoms. The highest BCUT2D eigenvalue weighted by Gasteiger charge is 2.73. The molecule has 0 radical (unpaired) electrons. The first-order chi connectivity index (χ1) is 20.9. The fourth-order valence-electron chi connectivity index (χ4n) is 5.94. The molecule has 0 aliphatic carbocycles. The van der Waals surface area contributed by atoms with Gasteiger partial charge < -0.3 is 18.8 Å². The first kappa shape index (κ1) is 30.0. The summed E-state index contributed by atoms with van der Waals surface area (Å²) in [4.78, 5) is 42.3. The molecule has 1 aliphatic heterocycles. The Morgan fingerprint density at radius 3 is 1.65 bits per heavy atom. The fourth-order valence-corrected chi connectivity index (χ4v) is 9.54. The van der Waals surface area contributed by atoms with Crippen molar-refractivity contribution in [2.24, 2.45) is 11.8 Å². The summed E-state index contributed by atoms with van der Waals surface area (Å²) in [6.07, 6.45) is 0. The maximum absolute atomic E-state index is 16.1. The van der Waals surface area contributed by atoms with Gasteiger partial charge in [-0.1, -0.05) is 121 Å². The molecule has 0 bridgehead atoms. The molecule has 1 aliphatic rings. The predicted octanol–water partition coefficient (Wildman–Crippen LogP) is 4.36. The fraction of sp³-hybridized carbons (Fsp3) is 0.206. The van der Waals surface area contributed by atoms with Crippen LogP contribution in [-0.4, -0.2) is 37.4 Å². The van der Waals surface area contributed by atoms with Crippen molar-refractivity contribution >= 4 is 35.7 Å². The molecule has 0 spiro atoms. The Balaban J connectivity index is 1.83. The van der Waals surface area contributed by atoms with Crippen LogP contribution in [0.1, 0.15) is 17.2 Å². The van der Waals surface area contributed by atoms with E-state index in [1.165, 1.54) is 14.2 Å². The predicted molar refractivity (Wildman–Crippen MR) is 162 cm³/mol. The number of esters is 3. The molecule has 4 aromatic rings. The van der Waals surface area contributed by atoms with Gasteiger partial charge in [-0.3, -0.25) is 14.9 Å². The average molecular weight is 598 g/mol. The number of methoxy groups -OCH3 is 2. The number of hydrogen-bond donors (Lipinski definition) is 1. The van der Waals surface area contributed by atoms with Gasteiger partial charge in [0.1, 0.15) is 12.5 Å². The van der Waals surface area contributed by atoms with E-state index in [4.69, 9.17) is 14.2 Å². The summed E-state index contributed by atoms with van der Waals surface area (Å²) in [5.74, 6) is -5.49. The summed E-state index contributed by atoms with van der Waals surface area (Å²) < 4.78 is 32.5. The minimum Gasteiger partial charge on any atom is -0.469 e. The van der Waals surface area contributed by atoms with Gasteiger partial charge in [-0.15, -0.1) is 0 Å². The van der Waals surface area contributed by atoms with Gasteiger partial charge in [-0.2, -0.15) is 0 Å². The molecule has 8 nitrogen and oxygen atoms in total. The third-order valence-corrected chi connectivity index (χ3v) is 11.5. The topological polar surface area (TPSA) is 108 Å². The van der Waals surface area contributed by atoms with E-state index in [-0.39, 0.29) is 6.61 Å². The number of carbonyl (C=O) groups is 3. The Bertz CT molecular complexity index is 1570. The van der Waals surface area contributed by atoms with Crippen molar-refractivity contribution in [3.05, 3.63) is 132 Å². The van der Waals surface area contributed by atoms with Crippen molar-refractivity contribution in [3.63, 3.8) is 0 Å². The second kappa shape index (κ2) is 12.8. The molecular formula is C34H32NO7P. The highest BCUT2D eigenvalue weighted by Crippen LogP contribution is 2.65. The molecule has 0 aromatic heterocycles. The first-order valence-corrected chi connectivity index (χ1v) is 15.5. The summed E-state index contributed by atoms with van der Waals surface area (Å²) in [6.45, 7) is -0.153. The highest BCUT2D eigenvalue weighted by atomic mass is 31.2. The Kier molecular flexibility index (Phi) is 8.90. The molecule has 1 fully saturated rings. The summed E-state index contributed by atoms with van der Waals surface area (Å²) in [5, 5.41) is 1.62. The molecule has 1 heterocycles. The molecule has 4 atom stereocenters. The zero-order valence-corrected chi connectivity index (χ0v) is 24.7. The van der Waals surface area contributed by atoms with Gasteiger partial charge in [0.05, 0.1) is 20.1 Å². The van der Waals surface area contributed by atoms with Crippen molar-refractivity contribution in [3.8, 4) is 0 Å². The minimum atomic E-state index is -4.24. The quantitative estimate of drug-likeness (QED) is 0.172. The lowest BCUT2D eigenvalue weighted by molar-refractivity contribution is -0.162. The highest BCUT2D eigenvalue weighted by molar-refractivity contribution is 7.81. The monoisotopic (exact) mass is 597 g/mol. The van der Waals surface area contributed by atoms with Crippen molar-refractivity contribution in [2.75, 3.05) is 14.2 Å². The molecule has 1 N–H and O–H groups in total. The zero-order valence-electron chi connectivity index (χ0n) is 23.8. The van der Waals surface area contributed by atoms with Gasteiger partial charge in [-0.25, -0.2) is 4.79 Å². The first-order valence-electron chi connectivity index (χ1n) is 13.8. The molecule has 5 rings (SSSR count). The van der Waals surface area contributed by atoms with E-state index in [1.54, 1.807) is 97.1 Å². The molecule has 220 valence electrons. The van der Waals surface area contributed by atoms with E-state index in [1.807, 2.05) is 24.3 Å². The van der Waals surface area contributed by atoms with Crippen molar-refractivity contribution < 1.29 is 33.2 Å². The molecule has 9 heteroatoms. The van der Waals surface area contributed by atoms with E-state index < -0.39 is 48.2 Å². The van der Waals surface area contributed by atoms with Crippen molar-refractivity contribution in [2.45, 2.75) is 17.9 Å². The Morgan fingerprint density at radius 2 is 1.16 bits per heavy atom. The van der Waals surface area contributed by atoms with Crippen LogP contribution in [-0.2, 0) is 39.8 Å². The molecule has 0 amide bonds. The number of carbonyl (C=O) groups excluding carboxylic acids is 3. The lowest BCUT2D eigenvalue weighted by Gasteiger charge is -2.40. The van der Waals surface area contributed by atoms with Crippen LogP contribution < -0.4 is 15.9 Å². The van der Waals surface area contributed by atoms with E-state index in [9.17, 15) is 14.4 Å². The summed E-state index contributed by atoms with van der Waals surface area (Å²) in [6, 6.07) is 34.0. The maximum Gasteiger partial charge on any atom is 0.336 e. The smallest absolute Gasteiger partial charge is 0.336 e. The molecular weight excluding hydrogens is 565 g/mol. The van der Waals surface area contributed by atoms with Crippen LogP contribution >= 0.6 is 7.14 Å². The number of hydrogen-bond acceptors (Lipinski definition) is 8. The Labute approximate surface area is 250 Å². The molecule has 4 aromatic carbocycles. The largest absolute Gasteiger partial charge is 0.469 e. The second-order valence-electron chi connectivity index (χ2n) is 10.2. The van der Waals surface area contributed by atoms with Gasteiger partial charge in [0.25, 0.3) is 0 Å². The number of rotatable bonds is 9. The SMILES string of the molecule is COC(=O)[C@@H]1[C@H](c2ccccc2)N[C@](C(=O)OCc2ccccc2)(P(=O)(c2ccccc2)c2ccccc2)[C@H]1C(=O)OC. The van der Waals surface area contributed by atoms with Crippen LogP contribution in [0.2, 0.25) is 0 Å². The van der Waals surface area contributed by atoms with Gasteiger partial charge in [0.15, 0.2) is 12.4 Å². The summed E-state index contributed by atoms with van der Waals surface area (Å²) in [7, 11) is -1.86. The van der Waals surface area contributed by atoms with Crippen LogP contribution in [0.3, 0.4) is 0 Å². The van der Waals surface area contributed by atoms with E-state index in [0.29, 0.717) is 21.7 Å². The van der Waals surface area contributed by atoms with Crippen molar-refractivity contribution in [1.29, 1.82) is 0 Å². The second-order valence-corrected chi connectivity index (χ2v) is 13.1. The minimum absolute atomic E-state index is 0.153. The number of ether oxygens (including phenoxy) is 3. The van der Waals surface area contributed by atoms with E-state index >= 15 is 4.57 Å². The van der Waals surface area contributed by atoms with Crippen molar-refractivity contribution in [1.82, 2.24) is 5.32 Å². The third-order valence-electron chi connectivity index (χ3n) is 7.89. The number of benzene rings is 4. The van der Waals surface area contributed by atoms with Gasteiger partial charge in [0.2, 0.25) is 0 Å². The lowest BCUT2D eigenvalue weighted by atomic mass is 9.84.